The third-order valence-corrected chi connectivity index (χ3v) is 1.88. The maximum Gasteiger partial charge on any atom is 0.390 e. The predicted molar refractivity (Wildman–Crippen MR) is 48.8 cm³/mol. The van der Waals surface area contributed by atoms with Crippen LogP contribution < -0.4 is 5.73 Å². The van der Waals surface area contributed by atoms with E-state index in [1.54, 1.807) is 6.07 Å². The quantitative estimate of drug-likeness (QED) is 0.780. The lowest BCUT2D eigenvalue weighted by Crippen LogP contribution is -2.29. The van der Waals surface area contributed by atoms with E-state index in [1.807, 2.05) is 0 Å². The van der Waals surface area contributed by atoms with E-state index >= 15 is 0 Å². The van der Waals surface area contributed by atoms with Gasteiger partial charge in [0.05, 0.1) is 6.42 Å². The van der Waals surface area contributed by atoms with Crippen LogP contribution >= 0.6 is 0 Å². The molecule has 0 aliphatic carbocycles. The first-order valence-corrected chi connectivity index (χ1v) is 4.43. The Kier molecular flexibility index (Phi) is 3.68. The monoisotopic (exact) mass is 221 g/mol. The molecular weight excluding hydrogens is 210 g/mol. The summed E-state index contributed by atoms with van der Waals surface area (Å²) in [5, 5.41) is 0. The lowest BCUT2D eigenvalue weighted by Gasteiger charge is -2.13. The molecule has 1 rings (SSSR count). The summed E-state index contributed by atoms with van der Waals surface area (Å²) in [6.07, 6.45) is -5.30. The van der Waals surface area contributed by atoms with Crippen molar-refractivity contribution in [1.29, 1.82) is 0 Å². The average molecular weight is 221 g/mol. The van der Waals surface area contributed by atoms with Crippen molar-refractivity contribution < 1.29 is 17.6 Å². The van der Waals surface area contributed by atoms with E-state index in [1.165, 1.54) is 18.2 Å². The average Bonchev–Trinajstić information content (AvgIpc) is 1.99. The third kappa shape index (κ3) is 4.78. The van der Waals surface area contributed by atoms with Gasteiger partial charge in [0.2, 0.25) is 0 Å². The molecule has 0 aliphatic heterocycles. The molecule has 0 aliphatic rings. The smallest absolute Gasteiger partial charge is 0.327 e. The van der Waals surface area contributed by atoms with Gasteiger partial charge in [0.1, 0.15) is 5.82 Å². The fraction of sp³-hybridized carbons (Fsp3) is 0.400. The van der Waals surface area contributed by atoms with Crippen LogP contribution in [0, 0.1) is 5.82 Å². The summed E-state index contributed by atoms with van der Waals surface area (Å²) in [6.45, 7) is 0. The Balaban J connectivity index is 2.55. The molecule has 1 unspecified atom stereocenters. The number of halogens is 4. The van der Waals surface area contributed by atoms with Crippen LogP contribution in [0.4, 0.5) is 17.6 Å². The molecule has 1 atom stereocenters. The minimum atomic E-state index is -4.27. The highest BCUT2D eigenvalue weighted by atomic mass is 19.4. The van der Waals surface area contributed by atoms with Crippen LogP contribution in [0.25, 0.3) is 0 Å². The van der Waals surface area contributed by atoms with Crippen LogP contribution in [-0.2, 0) is 6.42 Å². The molecule has 0 bridgehead atoms. The maximum atomic E-state index is 12.7. The Hall–Kier alpha value is -1.10. The summed E-state index contributed by atoms with van der Waals surface area (Å²) in [5.74, 6) is -0.466. The third-order valence-electron chi connectivity index (χ3n) is 1.88. The normalized spacial score (nSPS) is 13.9. The van der Waals surface area contributed by atoms with Crippen molar-refractivity contribution in [2.45, 2.75) is 25.1 Å². The highest BCUT2D eigenvalue weighted by molar-refractivity contribution is 5.17. The molecule has 1 aromatic carbocycles. The van der Waals surface area contributed by atoms with Crippen LogP contribution in [0.2, 0.25) is 0 Å². The minimum Gasteiger partial charge on any atom is -0.327 e. The van der Waals surface area contributed by atoms with Crippen LogP contribution in [0.5, 0.6) is 0 Å². The molecule has 1 aromatic rings. The number of alkyl halides is 3. The molecule has 0 saturated heterocycles. The van der Waals surface area contributed by atoms with Crippen LogP contribution in [0.3, 0.4) is 0 Å². The Morgan fingerprint density at radius 1 is 1.27 bits per heavy atom. The molecule has 0 saturated carbocycles. The number of rotatable bonds is 3. The van der Waals surface area contributed by atoms with Crippen molar-refractivity contribution in [1.82, 2.24) is 0 Å². The molecule has 2 N–H and O–H groups in total. The van der Waals surface area contributed by atoms with E-state index in [2.05, 4.69) is 0 Å². The molecule has 0 amide bonds. The molecule has 1 nitrogen and oxygen atoms in total. The largest absolute Gasteiger partial charge is 0.390 e. The van der Waals surface area contributed by atoms with Crippen molar-refractivity contribution in [3.8, 4) is 0 Å². The highest BCUT2D eigenvalue weighted by Gasteiger charge is 2.30. The Bertz CT molecular complexity index is 321. The van der Waals surface area contributed by atoms with E-state index in [9.17, 15) is 17.6 Å². The molecular formula is C10H11F4N. The summed E-state index contributed by atoms with van der Waals surface area (Å²) < 4.78 is 48.5. The zero-order chi connectivity index (χ0) is 11.5. The van der Waals surface area contributed by atoms with Gasteiger partial charge in [-0.15, -0.1) is 0 Å². The van der Waals surface area contributed by atoms with Gasteiger partial charge < -0.3 is 5.73 Å². The fourth-order valence-corrected chi connectivity index (χ4v) is 1.34. The SMILES string of the molecule is NC(Cc1cccc(F)c1)CC(F)(F)F. The molecule has 0 spiro atoms. The molecule has 0 aromatic heterocycles. The molecule has 0 radical (unpaired) electrons. The number of benzene rings is 1. The lowest BCUT2D eigenvalue weighted by atomic mass is 10.0. The first-order valence-electron chi connectivity index (χ1n) is 4.43. The molecule has 15 heavy (non-hydrogen) atoms. The minimum absolute atomic E-state index is 0.0251. The molecule has 0 fully saturated rings. The van der Waals surface area contributed by atoms with Crippen molar-refractivity contribution in [2.24, 2.45) is 5.73 Å². The van der Waals surface area contributed by atoms with Gasteiger partial charge in [-0.05, 0) is 24.1 Å². The Morgan fingerprint density at radius 3 is 2.47 bits per heavy atom. The second-order valence-corrected chi connectivity index (χ2v) is 3.41. The fourth-order valence-electron chi connectivity index (χ4n) is 1.34. The van der Waals surface area contributed by atoms with E-state index in [0.717, 1.165) is 0 Å². The summed E-state index contributed by atoms with van der Waals surface area (Å²) >= 11 is 0. The second kappa shape index (κ2) is 4.61. The predicted octanol–water partition coefficient (Wildman–Crippen LogP) is 2.65. The van der Waals surface area contributed by atoms with Gasteiger partial charge in [-0.3, -0.25) is 0 Å². The summed E-state index contributed by atoms with van der Waals surface area (Å²) in [4.78, 5) is 0. The molecule has 84 valence electrons. The second-order valence-electron chi connectivity index (χ2n) is 3.41. The van der Waals surface area contributed by atoms with E-state index in [0.29, 0.717) is 5.56 Å². The number of hydrogen-bond donors (Lipinski definition) is 1. The lowest BCUT2D eigenvalue weighted by molar-refractivity contribution is -0.138. The molecule has 5 heteroatoms. The van der Waals surface area contributed by atoms with Gasteiger partial charge in [-0.25, -0.2) is 4.39 Å². The van der Waals surface area contributed by atoms with E-state index in [4.69, 9.17) is 5.73 Å². The first-order chi connectivity index (χ1) is 6.87. The van der Waals surface area contributed by atoms with Gasteiger partial charge in [0, 0.05) is 6.04 Å². The topological polar surface area (TPSA) is 26.0 Å². The van der Waals surface area contributed by atoms with E-state index in [-0.39, 0.29) is 6.42 Å². The zero-order valence-corrected chi connectivity index (χ0v) is 7.89. The van der Waals surface area contributed by atoms with Crippen molar-refractivity contribution in [3.63, 3.8) is 0 Å². The number of hydrogen-bond acceptors (Lipinski definition) is 1. The van der Waals surface area contributed by atoms with Gasteiger partial charge in [0.25, 0.3) is 0 Å². The zero-order valence-electron chi connectivity index (χ0n) is 7.89. The van der Waals surface area contributed by atoms with Crippen molar-refractivity contribution in [2.75, 3.05) is 0 Å². The first kappa shape index (κ1) is 12.0. The van der Waals surface area contributed by atoms with Crippen molar-refractivity contribution >= 4 is 0 Å². The molecule has 0 heterocycles. The Labute approximate surface area is 84.9 Å². The van der Waals surface area contributed by atoms with Crippen LogP contribution in [0.15, 0.2) is 24.3 Å². The summed E-state index contributed by atoms with van der Waals surface area (Å²) in [5.41, 5.74) is 5.78. The highest BCUT2D eigenvalue weighted by Crippen LogP contribution is 2.22. The summed E-state index contributed by atoms with van der Waals surface area (Å²) in [6, 6.07) is 4.41. The van der Waals surface area contributed by atoms with Crippen molar-refractivity contribution in [3.05, 3.63) is 35.6 Å². The van der Waals surface area contributed by atoms with Gasteiger partial charge in [-0.1, -0.05) is 12.1 Å². The standard InChI is InChI=1S/C10H11F4N/c11-8-3-1-2-7(4-8)5-9(15)6-10(12,13)14/h1-4,9H,5-6,15H2. The van der Waals surface area contributed by atoms with E-state index < -0.39 is 24.5 Å². The summed E-state index contributed by atoms with van der Waals surface area (Å²) in [7, 11) is 0. The van der Waals surface area contributed by atoms with Gasteiger partial charge >= 0.3 is 6.18 Å². The Morgan fingerprint density at radius 2 is 1.93 bits per heavy atom. The number of nitrogens with two attached hydrogens (primary N) is 1. The maximum absolute atomic E-state index is 12.7. The van der Waals surface area contributed by atoms with Crippen LogP contribution in [0.1, 0.15) is 12.0 Å². The van der Waals surface area contributed by atoms with Gasteiger partial charge in [-0.2, -0.15) is 13.2 Å². The van der Waals surface area contributed by atoms with Gasteiger partial charge in [0.15, 0.2) is 0 Å². The van der Waals surface area contributed by atoms with Crippen LogP contribution in [-0.4, -0.2) is 12.2 Å².